The highest BCUT2D eigenvalue weighted by atomic mass is 16.5. The monoisotopic (exact) mass is 291 g/mol. The van der Waals surface area contributed by atoms with Crippen LogP contribution in [0.2, 0.25) is 0 Å². The van der Waals surface area contributed by atoms with Crippen LogP contribution >= 0.6 is 0 Å². The van der Waals surface area contributed by atoms with Gasteiger partial charge in [0.25, 0.3) is 0 Å². The summed E-state index contributed by atoms with van der Waals surface area (Å²) in [6.07, 6.45) is 0. The molecule has 0 radical (unpaired) electrons. The van der Waals surface area contributed by atoms with Crippen molar-refractivity contribution in [2.75, 3.05) is 33.3 Å². The fraction of sp³-hybridized carbons (Fsp3) is 0.562. The van der Waals surface area contributed by atoms with Crippen LogP contribution in [0.15, 0.2) is 24.3 Å². The van der Waals surface area contributed by atoms with Gasteiger partial charge in [0.1, 0.15) is 5.75 Å². The van der Waals surface area contributed by atoms with Gasteiger partial charge in [0, 0.05) is 38.3 Å². The number of amides is 1. The third kappa shape index (κ3) is 3.95. The van der Waals surface area contributed by atoms with E-state index in [-0.39, 0.29) is 5.91 Å². The van der Waals surface area contributed by atoms with Crippen LogP contribution in [0.1, 0.15) is 19.4 Å². The van der Waals surface area contributed by atoms with Crippen LogP contribution in [0.5, 0.6) is 5.75 Å². The Morgan fingerprint density at radius 3 is 2.43 bits per heavy atom. The summed E-state index contributed by atoms with van der Waals surface area (Å²) in [5, 5.41) is 0. The lowest BCUT2D eigenvalue weighted by Gasteiger charge is -2.37. The van der Waals surface area contributed by atoms with Crippen LogP contribution in [-0.4, -0.2) is 54.5 Å². The number of para-hydroxylation sites is 1. The number of rotatable bonds is 4. The maximum Gasteiger partial charge on any atom is 0.242 e. The molecular formula is C16H25N3O2. The summed E-state index contributed by atoms with van der Waals surface area (Å²) in [4.78, 5) is 16.3. The Bertz CT molecular complexity index is 489. The number of carbonyl (C=O) groups is 1. The second-order valence-corrected chi connectivity index (χ2v) is 6.10. The summed E-state index contributed by atoms with van der Waals surface area (Å²) < 4.78 is 5.38. The fourth-order valence-corrected chi connectivity index (χ4v) is 2.59. The Balaban J connectivity index is 1.91. The number of hydrogen-bond acceptors (Lipinski definition) is 4. The zero-order valence-corrected chi connectivity index (χ0v) is 13.1. The summed E-state index contributed by atoms with van der Waals surface area (Å²) in [7, 11) is 1.69. The van der Waals surface area contributed by atoms with E-state index in [4.69, 9.17) is 10.5 Å². The van der Waals surface area contributed by atoms with Crippen molar-refractivity contribution < 1.29 is 9.53 Å². The largest absolute Gasteiger partial charge is 0.496 e. The molecule has 0 aliphatic carbocycles. The number of carbonyl (C=O) groups excluding carboxylic acids is 1. The molecule has 0 bridgehead atoms. The maximum absolute atomic E-state index is 12.1. The molecular weight excluding hydrogens is 266 g/mol. The van der Waals surface area contributed by atoms with Crippen molar-refractivity contribution in [1.82, 2.24) is 9.80 Å². The molecule has 1 aromatic rings. The van der Waals surface area contributed by atoms with Gasteiger partial charge in [0.05, 0.1) is 12.6 Å². The van der Waals surface area contributed by atoms with E-state index in [0.717, 1.165) is 38.5 Å². The molecule has 0 unspecified atom stereocenters. The van der Waals surface area contributed by atoms with E-state index >= 15 is 0 Å². The summed E-state index contributed by atoms with van der Waals surface area (Å²) >= 11 is 0. The first-order valence-corrected chi connectivity index (χ1v) is 7.34. The summed E-state index contributed by atoms with van der Waals surface area (Å²) in [5.74, 6) is 0.943. The standard InChI is InChI=1S/C16H25N3O2/c1-16(2,17)15(20)19-10-8-18(9-11-19)12-13-6-4-5-7-14(13)21-3/h4-7H,8-12,17H2,1-3H3. The van der Waals surface area contributed by atoms with Gasteiger partial charge in [-0.15, -0.1) is 0 Å². The van der Waals surface area contributed by atoms with Crippen LogP contribution in [0.4, 0.5) is 0 Å². The van der Waals surface area contributed by atoms with Gasteiger partial charge >= 0.3 is 0 Å². The van der Waals surface area contributed by atoms with Crippen molar-refractivity contribution in [3.8, 4) is 5.75 Å². The topological polar surface area (TPSA) is 58.8 Å². The van der Waals surface area contributed by atoms with Crippen molar-refractivity contribution >= 4 is 5.91 Å². The first kappa shape index (κ1) is 15.8. The lowest BCUT2D eigenvalue weighted by molar-refractivity contribution is -0.137. The predicted molar refractivity (Wildman–Crippen MR) is 83.1 cm³/mol. The molecule has 0 spiro atoms. The minimum atomic E-state index is -0.787. The number of nitrogens with two attached hydrogens (primary N) is 1. The Kier molecular flexibility index (Phi) is 4.85. The van der Waals surface area contributed by atoms with E-state index in [9.17, 15) is 4.79 Å². The molecule has 0 aromatic heterocycles. The first-order chi connectivity index (χ1) is 9.91. The van der Waals surface area contributed by atoms with Crippen LogP contribution in [0.3, 0.4) is 0 Å². The SMILES string of the molecule is COc1ccccc1CN1CCN(C(=O)C(C)(C)N)CC1. The van der Waals surface area contributed by atoms with E-state index in [1.807, 2.05) is 23.1 Å². The molecule has 5 nitrogen and oxygen atoms in total. The zero-order valence-electron chi connectivity index (χ0n) is 13.1. The third-order valence-electron chi connectivity index (χ3n) is 3.80. The molecule has 1 amide bonds. The number of benzene rings is 1. The van der Waals surface area contributed by atoms with Gasteiger partial charge in [0.15, 0.2) is 0 Å². The van der Waals surface area contributed by atoms with Gasteiger partial charge < -0.3 is 15.4 Å². The van der Waals surface area contributed by atoms with Crippen LogP contribution in [0.25, 0.3) is 0 Å². The van der Waals surface area contributed by atoms with Gasteiger partial charge in [-0.2, -0.15) is 0 Å². The van der Waals surface area contributed by atoms with Gasteiger partial charge in [-0.25, -0.2) is 0 Å². The zero-order chi connectivity index (χ0) is 15.5. The number of nitrogens with zero attached hydrogens (tertiary/aromatic N) is 2. The van der Waals surface area contributed by atoms with E-state index < -0.39 is 5.54 Å². The lowest BCUT2D eigenvalue weighted by Crippen LogP contribution is -2.56. The van der Waals surface area contributed by atoms with Gasteiger partial charge in [-0.3, -0.25) is 9.69 Å². The second-order valence-electron chi connectivity index (χ2n) is 6.10. The normalized spacial score (nSPS) is 16.9. The Morgan fingerprint density at radius 2 is 1.86 bits per heavy atom. The van der Waals surface area contributed by atoms with Gasteiger partial charge in [-0.1, -0.05) is 18.2 Å². The molecule has 2 N–H and O–H groups in total. The fourth-order valence-electron chi connectivity index (χ4n) is 2.59. The lowest BCUT2D eigenvalue weighted by atomic mass is 10.0. The summed E-state index contributed by atoms with van der Waals surface area (Å²) in [6.45, 7) is 7.55. The van der Waals surface area contributed by atoms with E-state index in [2.05, 4.69) is 11.0 Å². The first-order valence-electron chi connectivity index (χ1n) is 7.34. The average molecular weight is 291 g/mol. The Morgan fingerprint density at radius 1 is 1.24 bits per heavy atom. The molecule has 1 aromatic carbocycles. The smallest absolute Gasteiger partial charge is 0.242 e. The van der Waals surface area contributed by atoms with Crippen LogP contribution < -0.4 is 10.5 Å². The van der Waals surface area contributed by atoms with Crippen molar-refractivity contribution in [2.45, 2.75) is 25.9 Å². The van der Waals surface area contributed by atoms with Crippen LogP contribution in [-0.2, 0) is 11.3 Å². The minimum absolute atomic E-state index is 0.0273. The van der Waals surface area contributed by atoms with Crippen LogP contribution in [0, 0.1) is 0 Å². The van der Waals surface area contributed by atoms with Crippen molar-refractivity contribution in [1.29, 1.82) is 0 Å². The number of ether oxygens (including phenoxy) is 1. The Labute approximate surface area is 126 Å². The Hall–Kier alpha value is -1.59. The van der Waals surface area contributed by atoms with E-state index in [0.29, 0.717) is 0 Å². The molecule has 2 rings (SSSR count). The summed E-state index contributed by atoms with van der Waals surface area (Å²) in [5.41, 5.74) is 6.28. The molecule has 1 aliphatic rings. The maximum atomic E-state index is 12.1. The predicted octanol–water partition coefficient (Wildman–Crippen LogP) is 1.08. The molecule has 21 heavy (non-hydrogen) atoms. The molecule has 0 atom stereocenters. The molecule has 116 valence electrons. The van der Waals surface area contributed by atoms with Crippen molar-refractivity contribution in [3.05, 3.63) is 29.8 Å². The van der Waals surface area contributed by atoms with Gasteiger partial charge in [-0.05, 0) is 19.9 Å². The summed E-state index contributed by atoms with van der Waals surface area (Å²) in [6, 6.07) is 8.06. The average Bonchev–Trinajstić information content (AvgIpc) is 2.47. The highest BCUT2D eigenvalue weighted by molar-refractivity contribution is 5.85. The molecule has 1 fully saturated rings. The molecule has 0 saturated carbocycles. The highest BCUT2D eigenvalue weighted by Crippen LogP contribution is 2.20. The third-order valence-corrected chi connectivity index (χ3v) is 3.80. The highest BCUT2D eigenvalue weighted by Gasteiger charge is 2.30. The molecule has 1 aliphatic heterocycles. The van der Waals surface area contributed by atoms with E-state index in [1.54, 1.807) is 21.0 Å². The molecule has 1 saturated heterocycles. The van der Waals surface area contributed by atoms with Crippen molar-refractivity contribution in [2.24, 2.45) is 5.73 Å². The molecule has 5 heteroatoms. The van der Waals surface area contributed by atoms with E-state index in [1.165, 1.54) is 5.56 Å². The van der Waals surface area contributed by atoms with Crippen molar-refractivity contribution in [3.63, 3.8) is 0 Å². The molecule has 1 heterocycles. The quantitative estimate of drug-likeness (QED) is 0.902. The van der Waals surface area contributed by atoms with Gasteiger partial charge in [0.2, 0.25) is 5.91 Å². The second kappa shape index (κ2) is 6.45. The number of methoxy groups -OCH3 is 1. The number of hydrogen-bond donors (Lipinski definition) is 1. The minimum Gasteiger partial charge on any atom is -0.496 e. The number of piperazine rings is 1.